The van der Waals surface area contributed by atoms with Crippen LogP contribution < -0.4 is 4.74 Å². The molecule has 1 aliphatic rings. The number of amides is 1. The predicted octanol–water partition coefficient (Wildman–Crippen LogP) is 3.50. The summed E-state index contributed by atoms with van der Waals surface area (Å²) in [6.07, 6.45) is 2.60. The molecule has 4 nitrogen and oxygen atoms in total. The highest BCUT2D eigenvalue weighted by atomic mass is 19.1. The molecule has 1 fully saturated rings. The van der Waals surface area contributed by atoms with Crippen molar-refractivity contribution in [1.29, 1.82) is 0 Å². The molecule has 1 amide bonds. The first-order valence-electron chi connectivity index (χ1n) is 9.44. The van der Waals surface area contributed by atoms with Gasteiger partial charge in [-0.15, -0.1) is 0 Å². The van der Waals surface area contributed by atoms with E-state index in [0.717, 1.165) is 31.6 Å². The Labute approximate surface area is 160 Å². The minimum atomic E-state index is -0.205. The largest absolute Gasteiger partial charge is 0.497 e. The topological polar surface area (TPSA) is 32.8 Å². The van der Waals surface area contributed by atoms with Gasteiger partial charge in [-0.25, -0.2) is 4.39 Å². The van der Waals surface area contributed by atoms with E-state index >= 15 is 0 Å². The SMILES string of the molecule is COc1ccc(CCN(C)C(=O)C2CCCN2Cc2ccccc2F)cc1. The maximum atomic E-state index is 14.0. The molecule has 1 heterocycles. The van der Waals surface area contributed by atoms with Gasteiger partial charge in [0.25, 0.3) is 0 Å². The molecule has 2 aromatic carbocycles. The monoisotopic (exact) mass is 370 g/mol. The molecule has 0 N–H and O–H groups in total. The van der Waals surface area contributed by atoms with Crippen LogP contribution in [-0.4, -0.2) is 49.0 Å². The molecule has 0 radical (unpaired) electrons. The first kappa shape index (κ1) is 19.4. The number of rotatable bonds is 7. The molecule has 2 aromatic rings. The van der Waals surface area contributed by atoms with Crippen molar-refractivity contribution in [1.82, 2.24) is 9.80 Å². The van der Waals surface area contributed by atoms with Crippen molar-refractivity contribution in [3.63, 3.8) is 0 Å². The van der Waals surface area contributed by atoms with Crippen LogP contribution in [0.25, 0.3) is 0 Å². The number of carbonyl (C=O) groups is 1. The Morgan fingerprint density at radius 3 is 2.67 bits per heavy atom. The fourth-order valence-corrected chi connectivity index (χ4v) is 3.59. The van der Waals surface area contributed by atoms with Gasteiger partial charge >= 0.3 is 0 Å². The van der Waals surface area contributed by atoms with Crippen molar-refractivity contribution >= 4 is 5.91 Å². The number of hydrogen-bond acceptors (Lipinski definition) is 3. The number of halogens is 1. The molecule has 27 heavy (non-hydrogen) atoms. The molecule has 3 rings (SSSR count). The van der Waals surface area contributed by atoms with Crippen molar-refractivity contribution in [2.75, 3.05) is 27.2 Å². The Kier molecular flexibility index (Phi) is 6.45. The van der Waals surface area contributed by atoms with E-state index in [1.807, 2.05) is 37.4 Å². The minimum Gasteiger partial charge on any atom is -0.497 e. The zero-order valence-electron chi connectivity index (χ0n) is 16.0. The third kappa shape index (κ3) is 4.86. The number of likely N-dealkylation sites (tertiary alicyclic amines) is 1. The number of benzene rings is 2. The van der Waals surface area contributed by atoms with E-state index in [1.165, 1.54) is 11.6 Å². The van der Waals surface area contributed by atoms with Gasteiger partial charge in [-0.05, 0) is 49.6 Å². The van der Waals surface area contributed by atoms with Crippen LogP contribution in [0.15, 0.2) is 48.5 Å². The molecule has 1 atom stereocenters. The molecule has 0 spiro atoms. The predicted molar refractivity (Wildman–Crippen MR) is 104 cm³/mol. The lowest BCUT2D eigenvalue weighted by Crippen LogP contribution is -2.44. The van der Waals surface area contributed by atoms with E-state index in [-0.39, 0.29) is 17.8 Å². The number of methoxy groups -OCH3 is 1. The molecule has 0 bridgehead atoms. The Bertz CT molecular complexity index is 763. The number of hydrogen-bond donors (Lipinski definition) is 0. The second-order valence-corrected chi connectivity index (χ2v) is 7.08. The summed E-state index contributed by atoms with van der Waals surface area (Å²) < 4.78 is 19.1. The van der Waals surface area contributed by atoms with E-state index in [9.17, 15) is 9.18 Å². The first-order chi connectivity index (χ1) is 13.1. The van der Waals surface area contributed by atoms with Gasteiger partial charge in [0.15, 0.2) is 0 Å². The molecule has 144 valence electrons. The molecule has 5 heteroatoms. The van der Waals surface area contributed by atoms with Gasteiger partial charge in [-0.1, -0.05) is 30.3 Å². The second-order valence-electron chi connectivity index (χ2n) is 7.08. The number of ether oxygens (including phenoxy) is 1. The van der Waals surface area contributed by atoms with Crippen molar-refractivity contribution in [3.8, 4) is 5.75 Å². The molecule has 0 saturated carbocycles. The van der Waals surface area contributed by atoms with E-state index in [4.69, 9.17) is 4.74 Å². The zero-order valence-corrected chi connectivity index (χ0v) is 16.0. The molecule has 1 aliphatic heterocycles. The van der Waals surface area contributed by atoms with Crippen LogP contribution in [0.1, 0.15) is 24.0 Å². The van der Waals surface area contributed by atoms with Gasteiger partial charge in [0.05, 0.1) is 13.2 Å². The van der Waals surface area contributed by atoms with Crippen molar-refractivity contribution in [3.05, 3.63) is 65.5 Å². The summed E-state index contributed by atoms with van der Waals surface area (Å²) in [6.45, 7) is 1.97. The lowest BCUT2D eigenvalue weighted by Gasteiger charge is -2.28. The molecule has 1 saturated heterocycles. The molecular formula is C22H27FN2O2. The fraction of sp³-hybridized carbons (Fsp3) is 0.409. The Balaban J connectivity index is 1.57. The van der Waals surface area contributed by atoms with Gasteiger partial charge in [-0.3, -0.25) is 9.69 Å². The highest BCUT2D eigenvalue weighted by Gasteiger charge is 2.32. The van der Waals surface area contributed by atoms with Crippen LogP contribution >= 0.6 is 0 Å². The van der Waals surface area contributed by atoms with Crippen LogP contribution in [0.3, 0.4) is 0 Å². The van der Waals surface area contributed by atoms with Gasteiger partial charge in [0.1, 0.15) is 11.6 Å². The first-order valence-corrected chi connectivity index (χ1v) is 9.44. The third-order valence-electron chi connectivity index (χ3n) is 5.25. The zero-order chi connectivity index (χ0) is 19.2. The Morgan fingerprint density at radius 2 is 1.96 bits per heavy atom. The van der Waals surface area contributed by atoms with Gasteiger partial charge < -0.3 is 9.64 Å². The third-order valence-corrected chi connectivity index (χ3v) is 5.25. The highest BCUT2D eigenvalue weighted by molar-refractivity contribution is 5.82. The standard InChI is InChI=1S/C22H27FN2O2/c1-24(15-13-17-9-11-19(27-2)12-10-17)22(26)21-8-5-14-25(21)16-18-6-3-4-7-20(18)23/h3-4,6-7,9-12,21H,5,8,13-16H2,1-2H3. The maximum absolute atomic E-state index is 14.0. The molecule has 0 aliphatic carbocycles. The van der Waals surface area contributed by atoms with Crippen LogP contribution in [0.4, 0.5) is 4.39 Å². The summed E-state index contributed by atoms with van der Waals surface area (Å²) in [6, 6.07) is 14.6. The summed E-state index contributed by atoms with van der Waals surface area (Å²) in [4.78, 5) is 16.8. The minimum absolute atomic E-state index is 0.123. The Morgan fingerprint density at radius 1 is 1.22 bits per heavy atom. The van der Waals surface area contributed by atoms with E-state index in [2.05, 4.69) is 4.90 Å². The van der Waals surface area contributed by atoms with Crippen LogP contribution in [0, 0.1) is 5.82 Å². The summed E-state index contributed by atoms with van der Waals surface area (Å²) >= 11 is 0. The second kappa shape index (κ2) is 9.00. The van der Waals surface area contributed by atoms with Crippen molar-refractivity contribution in [2.24, 2.45) is 0 Å². The quantitative estimate of drug-likeness (QED) is 0.748. The average Bonchev–Trinajstić information content (AvgIpc) is 3.15. The van der Waals surface area contributed by atoms with E-state index < -0.39 is 0 Å². The van der Waals surface area contributed by atoms with Gasteiger partial charge in [0, 0.05) is 25.7 Å². The molecular weight excluding hydrogens is 343 g/mol. The van der Waals surface area contributed by atoms with Crippen molar-refractivity contribution < 1.29 is 13.9 Å². The lowest BCUT2D eigenvalue weighted by molar-refractivity contribution is -0.134. The molecule has 1 unspecified atom stereocenters. The average molecular weight is 370 g/mol. The van der Waals surface area contributed by atoms with E-state index in [1.54, 1.807) is 24.1 Å². The maximum Gasteiger partial charge on any atom is 0.239 e. The number of likely N-dealkylation sites (N-methyl/N-ethyl adjacent to an activating group) is 1. The van der Waals surface area contributed by atoms with Crippen LogP contribution in [0.2, 0.25) is 0 Å². The number of nitrogens with zero attached hydrogens (tertiary/aromatic N) is 2. The van der Waals surface area contributed by atoms with Crippen molar-refractivity contribution in [2.45, 2.75) is 31.8 Å². The Hall–Kier alpha value is -2.40. The normalized spacial score (nSPS) is 17.1. The summed E-state index contributed by atoms with van der Waals surface area (Å²) in [5.41, 5.74) is 1.82. The lowest BCUT2D eigenvalue weighted by atomic mass is 10.1. The highest BCUT2D eigenvalue weighted by Crippen LogP contribution is 2.23. The molecule has 0 aromatic heterocycles. The summed E-state index contributed by atoms with van der Waals surface area (Å²) in [5.74, 6) is 0.749. The van der Waals surface area contributed by atoms with Crippen LogP contribution in [0.5, 0.6) is 5.75 Å². The smallest absolute Gasteiger partial charge is 0.239 e. The summed E-state index contributed by atoms with van der Waals surface area (Å²) in [5, 5.41) is 0. The van der Waals surface area contributed by atoms with Crippen LogP contribution in [-0.2, 0) is 17.8 Å². The number of carbonyl (C=O) groups excluding carboxylic acids is 1. The van der Waals surface area contributed by atoms with E-state index in [0.29, 0.717) is 18.7 Å². The fourth-order valence-electron chi connectivity index (χ4n) is 3.59. The summed E-state index contributed by atoms with van der Waals surface area (Å²) in [7, 11) is 3.50. The van der Waals surface area contributed by atoms with Gasteiger partial charge in [-0.2, -0.15) is 0 Å². The van der Waals surface area contributed by atoms with Gasteiger partial charge in [0.2, 0.25) is 5.91 Å².